The van der Waals surface area contributed by atoms with Gasteiger partial charge in [-0.25, -0.2) is 4.79 Å². The van der Waals surface area contributed by atoms with E-state index in [9.17, 15) is 18.0 Å². The normalized spacial score (nSPS) is 11.6. The summed E-state index contributed by atoms with van der Waals surface area (Å²) in [4.78, 5) is 14.3. The number of rotatable bonds is 4. The average Bonchev–Trinajstić information content (AvgIpc) is 2.46. The summed E-state index contributed by atoms with van der Waals surface area (Å²) in [5.74, 6) is -1.08. The van der Waals surface area contributed by atoms with Crippen molar-refractivity contribution < 1.29 is 27.8 Å². The van der Waals surface area contributed by atoms with Gasteiger partial charge in [-0.1, -0.05) is 6.07 Å². The smallest absolute Gasteiger partial charge is 0.416 e. The predicted octanol–water partition coefficient (Wildman–Crippen LogP) is 3.99. The third-order valence-electron chi connectivity index (χ3n) is 2.61. The van der Waals surface area contributed by atoms with Gasteiger partial charge in [-0.3, -0.25) is 4.98 Å². The first-order chi connectivity index (χ1) is 10.4. The second kappa shape index (κ2) is 6.30. The lowest BCUT2D eigenvalue weighted by molar-refractivity contribution is -0.137. The third kappa shape index (κ3) is 4.08. The van der Waals surface area contributed by atoms with E-state index in [1.165, 1.54) is 18.5 Å². The Bertz CT molecular complexity index is 697. The SMILES string of the molecule is O=C(O)C=Cc1ccc(C(F)(F)F)cc1Oc1cccnc1. The molecule has 2 rings (SSSR count). The van der Waals surface area contributed by atoms with Gasteiger partial charge in [-0.15, -0.1) is 0 Å². The highest BCUT2D eigenvalue weighted by Gasteiger charge is 2.31. The summed E-state index contributed by atoms with van der Waals surface area (Å²) in [6.07, 6.45) is 0.282. The van der Waals surface area contributed by atoms with Crippen LogP contribution in [0.5, 0.6) is 11.5 Å². The van der Waals surface area contributed by atoms with Crippen LogP contribution >= 0.6 is 0 Å². The molecular weight excluding hydrogens is 299 g/mol. The van der Waals surface area contributed by atoms with Crippen LogP contribution in [-0.4, -0.2) is 16.1 Å². The van der Waals surface area contributed by atoms with Crippen molar-refractivity contribution in [3.63, 3.8) is 0 Å². The second-order valence-electron chi connectivity index (χ2n) is 4.21. The highest BCUT2D eigenvalue weighted by Crippen LogP contribution is 2.35. The molecule has 0 amide bonds. The van der Waals surface area contributed by atoms with Crippen molar-refractivity contribution in [2.45, 2.75) is 6.18 Å². The molecule has 22 heavy (non-hydrogen) atoms. The first-order valence-corrected chi connectivity index (χ1v) is 6.06. The first-order valence-electron chi connectivity index (χ1n) is 6.06. The molecule has 0 aliphatic carbocycles. The molecule has 0 saturated heterocycles. The van der Waals surface area contributed by atoms with E-state index in [2.05, 4.69) is 4.98 Å². The van der Waals surface area contributed by atoms with Crippen LogP contribution in [-0.2, 0) is 11.0 Å². The van der Waals surface area contributed by atoms with Crippen LogP contribution in [0.25, 0.3) is 6.08 Å². The molecule has 0 atom stereocenters. The average molecular weight is 309 g/mol. The summed E-state index contributed by atoms with van der Waals surface area (Å²) in [5.41, 5.74) is -0.682. The van der Waals surface area contributed by atoms with Crippen molar-refractivity contribution in [2.24, 2.45) is 0 Å². The van der Waals surface area contributed by atoms with Gasteiger partial charge in [0.25, 0.3) is 0 Å². The fourth-order valence-electron chi connectivity index (χ4n) is 1.63. The summed E-state index contributed by atoms with van der Waals surface area (Å²) >= 11 is 0. The van der Waals surface area contributed by atoms with Crippen LogP contribution in [0.4, 0.5) is 13.2 Å². The summed E-state index contributed by atoms with van der Waals surface area (Å²) in [7, 11) is 0. The maximum Gasteiger partial charge on any atom is 0.416 e. The van der Waals surface area contributed by atoms with E-state index in [1.54, 1.807) is 6.07 Å². The number of benzene rings is 1. The number of carbonyl (C=O) groups is 1. The fourth-order valence-corrected chi connectivity index (χ4v) is 1.63. The molecule has 0 unspecified atom stereocenters. The molecule has 1 aromatic carbocycles. The molecule has 1 aromatic heterocycles. The van der Waals surface area contributed by atoms with Gasteiger partial charge in [0, 0.05) is 17.8 Å². The summed E-state index contributed by atoms with van der Waals surface area (Å²) < 4.78 is 43.7. The van der Waals surface area contributed by atoms with Crippen LogP contribution in [0.2, 0.25) is 0 Å². The molecule has 7 heteroatoms. The number of aromatic nitrogens is 1. The minimum absolute atomic E-state index is 0.111. The van der Waals surface area contributed by atoms with E-state index in [-0.39, 0.29) is 17.1 Å². The molecule has 0 radical (unpaired) electrons. The maximum atomic E-state index is 12.8. The number of halogens is 3. The molecule has 1 N–H and O–H groups in total. The van der Waals surface area contributed by atoms with Crippen LogP contribution < -0.4 is 4.74 Å². The van der Waals surface area contributed by atoms with Crippen LogP contribution in [0.1, 0.15) is 11.1 Å². The van der Waals surface area contributed by atoms with Gasteiger partial charge >= 0.3 is 12.1 Å². The van der Waals surface area contributed by atoms with Gasteiger partial charge in [0.1, 0.15) is 11.5 Å². The molecule has 0 saturated carbocycles. The Morgan fingerprint density at radius 1 is 1.27 bits per heavy atom. The third-order valence-corrected chi connectivity index (χ3v) is 2.61. The molecule has 1 heterocycles. The zero-order valence-corrected chi connectivity index (χ0v) is 11.0. The van der Waals surface area contributed by atoms with Gasteiger partial charge in [-0.05, 0) is 30.3 Å². The van der Waals surface area contributed by atoms with Crippen LogP contribution in [0.3, 0.4) is 0 Å². The molecular formula is C15H10F3NO3. The van der Waals surface area contributed by atoms with E-state index >= 15 is 0 Å². The number of ether oxygens (including phenoxy) is 1. The fraction of sp³-hybridized carbons (Fsp3) is 0.0667. The van der Waals surface area contributed by atoms with E-state index in [0.29, 0.717) is 0 Å². The Morgan fingerprint density at radius 2 is 2.05 bits per heavy atom. The van der Waals surface area contributed by atoms with Crippen LogP contribution in [0.15, 0.2) is 48.8 Å². The van der Waals surface area contributed by atoms with Crippen molar-refractivity contribution in [3.8, 4) is 11.5 Å². The number of carboxylic acids is 1. The quantitative estimate of drug-likeness (QED) is 0.868. The Labute approximate surface area is 123 Å². The number of carboxylic acid groups (broad SMARTS) is 1. The summed E-state index contributed by atoms with van der Waals surface area (Å²) in [5, 5.41) is 8.62. The molecule has 0 fully saturated rings. The van der Waals surface area contributed by atoms with E-state index in [1.807, 2.05) is 0 Å². The van der Waals surface area contributed by atoms with E-state index < -0.39 is 17.7 Å². The standard InChI is InChI=1S/C15H10F3NO3/c16-15(17,18)11-5-3-10(4-6-14(20)21)13(8-11)22-12-2-1-7-19-9-12/h1-9H,(H,20,21). The number of alkyl halides is 3. The monoisotopic (exact) mass is 309 g/mol. The minimum atomic E-state index is -4.53. The van der Waals surface area contributed by atoms with Gasteiger partial charge in [-0.2, -0.15) is 13.2 Å². The van der Waals surface area contributed by atoms with Crippen molar-refractivity contribution in [1.82, 2.24) is 4.98 Å². The van der Waals surface area contributed by atoms with Crippen molar-refractivity contribution in [2.75, 3.05) is 0 Å². The topological polar surface area (TPSA) is 59.4 Å². The predicted molar refractivity (Wildman–Crippen MR) is 72.4 cm³/mol. The highest BCUT2D eigenvalue weighted by molar-refractivity contribution is 5.86. The van der Waals surface area contributed by atoms with Crippen molar-refractivity contribution >= 4 is 12.0 Å². The number of aliphatic carboxylic acids is 1. The molecule has 114 valence electrons. The highest BCUT2D eigenvalue weighted by atomic mass is 19.4. The lowest BCUT2D eigenvalue weighted by Crippen LogP contribution is -2.05. The van der Waals surface area contributed by atoms with Gasteiger partial charge < -0.3 is 9.84 Å². The zero-order valence-electron chi connectivity index (χ0n) is 11.0. The summed E-state index contributed by atoms with van der Waals surface area (Å²) in [6, 6.07) is 5.91. The number of hydrogen-bond donors (Lipinski definition) is 1. The van der Waals surface area contributed by atoms with Crippen molar-refractivity contribution in [1.29, 1.82) is 0 Å². The number of nitrogens with zero attached hydrogens (tertiary/aromatic N) is 1. The molecule has 0 spiro atoms. The van der Waals surface area contributed by atoms with Crippen LogP contribution in [0, 0.1) is 0 Å². The van der Waals surface area contributed by atoms with Crippen molar-refractivity contribution in [3.05, 3.63) is 59.9 Å². The molecule has 0 bridgehead atoms. The zero-order chi connectivity index (χ0) is 16.2. The molecule has 2 aromatic rings. The Kier molecular flexibility index (Phi) is 4.45. The first kappa shape index (κ1) is 15.6. The Balaban J connectivity index is 2.43. The summed E-state index contributed by atoms with van der Waals surface area (Å²) in [6.45, 7) is 0. The molecule has 4 nitrogen and oxygen atoms in total. The maximum absolute atomic E-state index is 12.8. The number of hydrogen-bond acceptors (Lipinski definition) is 3. The lowest BCUT2D eigenvalue weighted by atomic mass is 10.1. The van der Waals surface area contributed by atoms with Gasteiger partial charge in [0.2, 0.25) is 0 Å². The van der Waals surface area contributed by atoms with Gasteiger partial charge in [0.15, 0.2) is 0 Å². The Hall–Kier alpha value is -2.83. The molecule has 0 aliphatic heterocycles. The van der Waals surface area contributed by atoms with Gasteiger partial charge in [0.05, 0.1) is 11.8 Å². The lowest BCUT2D eigenvalue weighted by Gasteiger charge is -2.12. The molecule has 0 aliphatic rings. The second-order valence-corrected chi connectivity index (χ2v) is 4.21. The minimum Gasteiger partial charge on any atom is -0.478 e. The largest absolute Gasteiger partial charge is 0.478 e. The van der Waals surface area contributed by atoms with E-state index in [4.69, 9.17) is 9.84 Å². The number of pyridine rings is 1. The Morgan fingerprint density at radius 3 is 2.64 bits per heavy atom. The van der Waals surface area contributed by atoms with E-state index in [0.717, 1.165) is 30.4 Å².